The fraction of sp³-hybridized carbons (Fsp3) is 0.533. The zero-order chi connectivity index (χ0) is 13.0. The Balaban J connectivity index is 2.04. The Hall–Kier alpha value is -1.51. The van der Waals surface area contributed by atoms with Crippen molar-refractivity contribution < 1.29 is 9.53 Å². The highest BCUT2D eigenvalue weighted by Crippen LogP contribution is 2.23. The minimum absolute atomic E-state index is 0.115. The van der Waals surface area contributed by atoms with E-state index in [0.717, 1.165) is 24.2 Å². The van der Waals surface area contributed by atoms with E-state index in [4.69, 9.17) is 4.74 Å². The summed E-state index contributed by atoms with van der Waals surface area (Å²) in [6, 6.07) is 7.75. The third kappa shape index (κ3) is 2.84. The third-order valence-electron chi connectivity index (χ3n) is 3.78. The van der Waals surface area contributed by atoms with Gasteiger partial charge in [0, 0.05) is 18.7 Å². The topological polar surface area (TPSA) is 29.5 Å². The number of rotatable bonds is 3. The molecule has 1 fully saturated rings. The van der Waals surface area contributed by atoms with Crippen LogP contribution in [0.4, 0.5) is 0 Å². The van der Waals surface area contributed by atoms with Gasteiger partial charge in [0.05, 0.1) is 7.11 Å². The molecule has 0 bridgehead atoms. The highest BCUT2D eigenvalue weighted by atomic mass is 16.5. The van der Waals surface area contributed by atoms with Crippen molar-refractivity contribution in [1.82, 2.24) is 4.90 Å². The Kier molecular flexibility index (Phi) is 4.24. The van der Waals surface area contributed by atoms with E-state index in [2.05, 4.69) is 0 Å². The van der Waals surface area contributed by atoms with E-state index in [1.54, 1.807) is 7.11 Å². The van der Waals surface area contributed by atoms with Gasteiger partial charge >= 0.3 is 0 Å². The molecule has 0 N–H and O–H groups in total. The van der Waals surface area contributed by atoms with Crippen LogP contribution in [-0.2, 0) is 0 Å². The fourth-order valence-corrected chi connectivity index (χ4v) is 2.57. The van der Waals surface area contributed by atoms with Crippen LogP contribution in [0.3, 0.4) is 0 Å². The van der Waals surface area contributed by atoms with Crippen molar-refractivity contribution in [1.29, 1.82) is 0 Å². The Labute approximate surface area is 109 Å². The summed E-state index contributed by atoms with van der Waals surface area (Å²) < 4.78 is 5.10. The number of carbonyl (C=O) groups excluding carboxylic acids is 1. The molecule has 0 atom stereocenters. The first-order valence-corrected chi connectivity index (χ1v) is 6.63. The Morgan fingerprint density at radius 1 is 1.17 bits per heavy atom. The van der Waals surface area contributed by atoms with Crippen LogP contribution < -0.4 is 4.74 Å². The van der Waals surface area contributed by atoms with Crippen LogP contribution in [0.1, 0.15) is 42.5 Å². The van der Waals surface area contributed by atoms with Crippen molar-refractivity contribution in [3.05, 3.63) is 29.8 Å². The maximum atomic E-state index is 12.3. The van der Waals surface area contributed by atoms with E-state index in [-0.39, 0.29) is 5.91 Å². The summed E-state index contributed by atoms with van der Waals surface area (Å²) in [4.78, 5) is 14.2. The van der Waals surface area contributed by atoms with Crippen molar-refractivity contribution in [3.8, 4) is 5.75 Å². The summed E-state index contributed by atoms with van der Waals surface area (Å²) in [6.45, 7) is 0. The first-order valence-electron chi connectivity index (χ1n) is 6.63. The number of benzene rings is 1. The zero-order valence-electron chi connectivity index (χ0n) is 11.2. The second-order valence-corrected chi connectivity index (χ2v) is 4.94. The molecule has 1 aliphatic carbocycles. The summed E-state index contributed by atoms with van der Waals surface area (Å²) in [5.74, 6) is 0.899. The average Bonchev–Trinajstić information content (AvgIpc) is 2.47. The van der Waals surface area contributed by atoms with E-state index >= 15 is 0 Å². The summed E-state index contributed by atoms with van der Waals surface area (Å²) in [5, 5.41) is 0. The quantitative estimate of drug-likeness (QED) is 0.821. The van der Waals surface area contributed by atoms with E-state index in [1.807, 2.05) is 36.2 Å². The lowest BCUT2D eigenvalue weighted by molar-refractivity contribution is 0.0696. The Morgan fingerprint density at radius 3 is 2.33 bits per heavy atom. The minimum atomic E-state index is 0.115. The molecule has 1 aromatic carbocycles. The monoisotopic (exact) mass is 247 g/mol. The van der Waals surface area contributed by atoms with Gasteiger partial charge in [0.15, 0.2) is 0 Å². The van der Waals surface area contributed by atoms with E-state index in [9.17, 15) is 4.79 Å². The fourth-order valence-electron chi connectivity index (χ4n) is 2.57. The lowest BCUT2D eigenvalue weighted by atomic mass is 9.94. The van der Waals surface area contributed by atoms with Gasteiger partial charge in [-0.25, -0.2) is 0 Å². The van der Waals surface area contributed by atoms with E-state index in [1.165, 1.54) is 19.3 Å². The number of hydrogen-bond donors (Lipinski definition) is 0. The van der Waals surface area contributed by atoms with E-state index < -0.39 is 0 Å². The number of hydrogen-bond acceptors (Lipinski definition) is 2. The molecule has 0 aliphatic heterocycles. The molecular weight excluding hydrogens is 226 g/mol. The standard InChI is InChI=1S/C15H21NO2/c1-16(13-6-4-3-5-7-13)15(17)12-8-10-14(18-2)11-9-12/h8-11,13H,3-7H2,1-2H3. The van der Waals surface area contributed by atoms with Gasteiger partial charge in [0.2, 0.25) is 0 Å². The molecule has 0 spiro atoms. The number of amides is 1. The van der Waals surface area contributed by atoms with Gasteiger partial charge in [-0.1, -0.05) is 19.3 Å². The first kappa shape index (κ1) is 12.9. The summed E-state index contributed by atoms with van der Waals surface area (Å²) in [7, 11) is 3.55. The molecule has 3 heteroatoms. The van der Waals surface area contributed by atoms with Crippen molar-refractivity contribution >= 4 is 5.91 Å². The van der Waals surface area contributed by atoms with Crippen LogP contribution in [0.2, 0.25) is 0 Å². The molecule has 1 aromatic rings. The maximum Gasteiger partial charge on any atom is 0.253 e. The van der Waals surface area contributed by atoms with Gasteiger partial charge in [0.1, 0.15) is 5.75 Å². The molecule has 18 heavy (non-hydrogen) atoms. The van der Waals surface area contributed by atoms with E-state index in [0.29, 0.717) is 6.04 Å². The minimum Gasteiger partial charge on any atom is -0.497 e. The largest absolute Gasteiger partial charge is 0.497 e. The predicted molar refractivity (Wildman–Crippen MR) is 72.0 cm³/mol. The Morgan fingerprint density at radius 2 is 1.78 bits per heavy atom. The first-order chi connectivity index (χ1) is 8.72. The summed E-state index contributed by atoms with van der Waals surface area (Å²) in [6.07, 6.45) is 6.06. The summed E-state index contributed by atoms with van der Waals surface area (Å²) in [5.41, 5.74) is 0.740. The number of methoxy groups -OCH3 is 1. The Bertz CT molecular complexity index is 393. The molecule has 0 heterocycles. The maximum absolute atomic E-state index is 12.3. The molecule has 1 saturated carbocycles. The highest BCUT2D eigenvalue weighted by molar-refractivity contribution is 5.94. The molecule has 98 valence electrons. The van der Waals surface area contributed by atoms with Gasteiger partial charge in [-0.05, 0) is 37.1 Å². The van der Waals surface area contributed by atoms with Crippen LogP contribution >= 0.6 is 0 Å². The molecular formula is C15H21NO2. The van der Waals surface area contributed by atoms with Crippen molar-refractivity contribution in [2.75, 3.05) is 14.2 Å². The highest BCUT2D eigenvalue weighted by Gasteiger charge is 2.22. The summed E-state index contributed by atoms with van der Waals surface area (Å²) >= 11 is 0. The van der Waals surface area contributed by atoms with Crippen LogP contribution in [0.25, 0.3) is 0 Å². The average molecular weight is 247 g/mol. The molecule has 1 aliphatic rings. The molecule has 1 amide bonds. The predicted octanol–water partition coefficient (Wildman–Crippen LogP) is 3.10. The molecule has 0 saturated heterocycles. The SMILES string of the molecule is COc1ccc(C(=O)N(C)C2CCCCC2)cc1. The van der Waals surface area contributed by atoms with Gasteiger partial charge < -0.3 is 9.64 Å². The second-order valence-electron chi connectivity index (χ2n) is 4.94. The smallest absolute Gasteiger partial charge is 0.253 e. The lowest BCUT2D eigenvalue weighted by Crippen LogP contribution is -2.38. The van der Waals surface area contributed by atoms with Gasteiger partial charge in [-0.3, -0.25) is 4.79 Å². The number of nitrogens with zero attached hydrogens (tertiary/aromatic N) is 1. The number of ether oxygens (including phenoxy) is 1. The molecule has 0 aromatic heterocycles. The van der Waals surface area contributed by atoms with Crippen LogP contribution in [0, 0.1) is 0 Å². The number of carbonyl (C=O) groups is 1. The van der Waals surface area contributed by atoms with Gasteiger partial charge in [0.25, 0.3) is 5.91 Å². The molecule has 3 nitrogen and oxygen atoms in total. The van der Waals surface area contributed by atoms with Crippen LogP contribution in [-0.4, -0.2) is 31.0 Å². The second kappa shape index (κ2) is 5.89. The van der Waals surface area contributed by atoms with Crippen molar-refractivity contribution in [2.45, 2.75) is 38.1 Å². The molecule has 0 radical (unpaired) electrons. The lowest BCUT2D eigenvalue weighted by Gasteiger charge is -2.31. The van der Waals surface area contributed by atoms with Crippen LogP contribution in [0.5, 0.6) is 5.75 Å². The molecule has 0 unspecified atom stereocenters. The van der Waals surface area contributed by atoms with Crippen molar-refractivity contribution in [2.24, 2.45) is 0 Å². The van der Waals surface area contributed by atoms with Gasteiger partial charge in [-0.15, -0.1) is 0 Å². The zero-order valence-corrected chi connectivity index (χ0v) is 11.2. The normalized spacial score (nSPS) is 16.3. The van der Waals surface area contributed by atoms with Crippen molar-refractivity contribution in [3.63, 3.8) is 0 Å². The molecule has 2 rings (SSSR count). The van der Waals surface area contributed by atoms with Gasteiger partial charge in [-0.2, -0.15) is 0 Å². The third-order valence-corrected chi connectivity index (χ3v) is 3.78. The van der Waals surface area contributed by atoms with Crippen LogP contribution in [0.15, 0.2) is 24.3 Å².